The second-order valence-electron chi connectivity index (χ2n) is 4.99. The van der Waals surface area contributed by atoms with Crippen molar-refractivity contribution in [1.29, 1.82) is 0 Å². The van der Waals surface area contributed by atoms with E-state index in [0.29, 0.717) is 19.2 Å². The molecule has 0 aliphatic carbocycles. The van der Waals surface area contributed by atoms with E-state index in [1.165, 1.54) is 0 Å². The molecule has 102 valence electrons. The summed E-state index contributed by atoms with van der Waals surface area (Å²) in [7, 11) is 0. The van der Waals surface area contributed by atoms with Gasteiger partial charge in [-0.1, -0.05) is 13.8 Å². The van der Waals surface area contributed by atoms with E-state index in [2.05, 4.69) is 19.2 Å². The summed E-state index contributed by atoms with van der Waals surface area (Å²) in [6, 6.07) is 4.41. The smallest absolute Gasteiger partial charge is 0.122 e. The van der Waals surface area contributed by atoms with Gasteiger partial charge in [-0.2, -0.15) is 0 Å². The Labute approximate surface area is 110 Å². The van der Waals surface area contributed by atoms with Gasteiger partial charge < -0.3 is 15.2 Å². The minimum atomic E-state index is -0.471. The van der Waals surface area contributed by atoms with Gasteiger partial charge in [-0.05, 0) is 49.6 Å². The van der Waals surface area contributed by atoms with Crippen LogP contribution in [0.3, 0.4) is 0 Å². The molecule has 0 heterocycles. The van der Waals surface area contributed by atoms with Crippen molar-refractivity contribution in [2.75, 3.05) is 13.2 Å². The molecule has 0 aromatic heterocycles. The Morgan fingerprint density at radius 2 is 1.89 bits per heavy atom. The van der Waals surface area contributed by atoms with Crippen molar-refractivity contribution in [3.63, 3.8) is 0 Å². The fourth-order valence-corrected chi connectivity index (χ4v) is 1.94. The number of aliphatic hydroxyl groups excluding tert-OH is 1. The van der Waals surface area contributed by atoms with Gasteiger partial charge >= 0.3 is 0 Å². The van der Waals surface area contributed by atoms with Crippen molar-refractivity contribution in [2.24, 2.45) is 0 Å². The van der Waals surface area contributed by atoms with Crippen molar-refractivity contribution < 1.29 is 9.84 Å². The predicted octanol–water partition coefficient (Wildman–Crippen LogP) is 2.73. The third-order valence-corrected chi connectivity index (χ3v) is 2.94. The van der Waals surface area contributed by atoms with Gasteiger partial charge in [-0.15, -0.1) is 0 Å². The van der Waals surface area contributed by atoms with Crippen LogP contribution in [0.25, 0.3) is 0 Å². The Bertz CT molecular complexity index is 388. The number of aliphatic hydroxyl groups is 1. The van der Waals surface area contributed by atoms with Crippen molar-refractivity contribution in [1.82, 2.24) is 5.32 Å². The van der Waals surface area contributed by atoms with E-state index in [0.717, 1.165) is 22.4 Å². The zero-order valence-corrected chi connectivity index (χ0v) is 12.1. The molecule has 0 spiro atoms. The molecule has 0 aliphatic rings. The van der Waals surface area contributed by atoms with Crippen molar-refractivity contribution >= 4 is 0 Å². The Balaban J connectivity index is 2.86. The summed E-state index contributed by atoms with van der Waals surface area (Å²) in [4.78, 5) is 0. The lowest BCUT2D eigenvalue weighted by Crippen LogP contribution is -2.28. The van der Waals surface area contributed by atoms with Crippen molar-refractivity contribution in [2.45, 2.75) is 46.8 Å². The molecule has 0 radical (unpaired) electrons. The third kappa shape index (κ3) is 4.00. The molecule has 0 fully saturated rings. The average molecular weight is 251 g/mol. The Morgan fingerprint density at radius 1 is 1.22 bits per heavy atom. The van der Waals surface area contributed by atoms with Crippen LogP contribution < -0.4 is 10.1 Å². The number of nitrogens with one attached hydrogen (secondary N) is 1. The molecule has 2 N–H and O–H groups in total. The second kappa shape index (κ2) is 6.76. The standard InChI is InChI=1S/C15H25NO2/c1-6-18-15-8-11(4)13(7-12(15)5)14(17)9-16-10(2)3/h7-8,10,14,16-17H,6,9H2,1-5H3. The van der Waals surface area contributed by atoms with Crippen molar-refractivity contribution in [3.05, 3.63) is 28.8 Å². The maximum atomic E-state index is 10.2. The number of ether oxygens (including phenoxy) is 1. The SMILES string of the molecule is CCOc1cc(C)c(C(O)CNC(C)C)cc1C. The molecule has 1 rings (SSSR count). The number of aryl methyl sites for hydroxylation is 2. The van der Waals surface area contributed by atoms with Crippen LogP contribution in [-0.4, -0.2) is 24.3 Å². The molecule has 0 aliphatic heterocycles. The fraction of sp³-hybridized carbons (Fsp3) is 0.600. The first-order valence-electron chi connectivity index (χ1n) is 6.61. The highest BCUT2D eigenvalue weighted by Gasteiger charge is 2.13. The maximum absolute atomic E-state index is 10.2. The summed E-state index contributed by atoms with van der Waals surface area (Å²) in [5, 5.41) is 13.4. The molecule has 3 nitrogen and oxygen atoms in total. The van der Waals surface area contributed by atoms with Gasteiger partial charge in [0, 0.05) is 12.6 Å². The molecule has 0 bridgehead atoms. The first kappa shape index (κ1) is 15.0. The minimum Gasteiger partial charge on any atom is -0.494 e. The third-order valence-electron chi connectivity index (χ3n) is 2.94. The number of rotatable bonds is 6. The van der Waals surface area contributed by atoms with Gasteiger partial charge in [-0.25, -0.2) is 0 Å². The van der Waals surface area contributed by atoms with Crippen molar-refractivity contribution in [3.8, 4) is 5.75 Å². The average Bonchev–Trinajstić information content (AvgIpc) is 2.30. The zero-order chi connectivity index (χ0) is 13.7. The van der Waals surface area contributed by atoms with Gasteiger partial charge in [0.25, 0.3) is 0 Å². The van der Waals surface area contributed by atoms with E-state index < -0.39 is 6.10 Å². The van der Waals surface area contributed by atoms with E-state index in [1.807, 2.05) is 32.9 Å². The lowest BCUT2D eigenvalue weighted by Gasteiger charge is -2.18. The summed E-state index contributed by atoms with van der Waals surface area (Å²) in [5.41, 5.74) is 3.12. The van der Waals surface area contributed by atoms with Gasteiger partial charge in [0.15, 0.2) is 0 Å². The van der Waals surface area contributed by atoms with Crippen LogP contribution in [-0.2, 0) is 0 Å². The zero-order valence-electron chi connectivity index (χ0n) is 12.1. The highest BCUT2D eigenvalue weighted by atomic mass is 16.5. The molecule has 0 amide bonds. The van der Waals surface area contributed by atoms with Gasteiger partial charge in [-0.3, -0.25) is 0 Å². The topological polar surface area (TPSA) is 41.5 Å². The van der Waals surface area contributed by atoms with Crippen LogP contribution in [0, 0.1) is 13.8 Å². The number of hydrogen-bond donors (Lipinski definition) is 2. The lowest BCUT2D eigenvalue weighted by atomic mass is 9.99. The normalized spacial score (nSPS) is 12.8. The lowest BCUT2D eigenvalue weighted by molar-refractivity contribution is 0.170. The van der Waals surface area contributed by atoms with Crippen LogP contribution in [0.1, 0.15) is 43.6 Å². The summed E-state index contributed by atoms with van der Waals surface area (Å²) in [6.45, 7) is 11.4. The Kier molecular flexibility index (Phi) is 5.63. The van der Waals surface area contributed by atoms with E-state index in [4.69, 9.17) is 4.74 Å². The largest absolute Gasteiger partial charge is 0.494 e. The molecule has 1 unspecified atom stereocenters. The highest BCUT2D eigenvalue weighted by molar-refractivity contribution is 5.42. The summed E-state index contributed by atoms with van der Waals surface area (Å²) < 4.78 is 5.55. The maximum Gasteiger partial charge on any atom is 0.122 e. The fourth-order valence-electron chi connectivity index (χ4n) is 1.94. The van der Waals surface area contributed by atoms with Crippen LogP contribution in [0.2, 0.25) is 0 Å². The Morgan fingerprint density at radius 3 is 2.44 bits per heavy atom. The molecule has 1 atom stereocenters. The van der Waals surface area contributed by atoms with E-state index >= 15 is 0 Å². The van der Waals surface area contributed by atoms with Crippen LogP contribution in [0.15, 0.2) is 12.1 Å². The second-order valence-corrected chi connectivity index (χ2v) is 4.99. The van der Waals surface area contributed by atoms with Gasteiger partial charge in [0.05, 0.1) is 12.7 Å². The van der Waals surface area contributed by atoms with Gasteiger partial charge in [0.1, 0.15) is 5.75 Å². The summed E-state index contributed by atoms with van der Waals surface area (Å²) >= 11 is 0. The Hall–Kier alpha value is -1.06. The molecule has 3 heteroatoms. The van der Waals surface area contributed by atoms with Crippen LogP contribution in [0.5, 0.6) is 5.75 Å². The highest BCUT2D eigenvalue weighted by Crippen LogP contribution is 2.26. The number of benzene rings is 1. The quantitative estimate of drug-likeness (QED) is 0.817. The molecular formula is C15H25NO2. The molecule has 1 aromatic rings. The summed E-state index contributed by atoms with van der Waals surface area (Å²) in [5.74, 6) is 0.905. The van der Waals surface area contributed by atoms with Crippen LogP contribution in [0.4, 0.5) is 0 Å². The number of hydrogen-bond acceptors (Lipinski definition) is 3. The first-order valence-corrected chi connectivity index (χ1v) is 6.61. The van der Waals surface area contributed by atoms with E-state index in [-0.39, 0.29) is 0 Å². The van der Waals surface area contributed by atoms with Gasteiger partial charge in [0.2, 0.25) is 0 Å². The molecule has 18 heavy (non-hydrogen) atoms. The van der Waals surface area contributed by atoms with E-state index in [1.54, 1.807) is 0 Å². The predicted molar refractivity (Wildman–Crippen MR) is 75.2 cm³/mol. The molecule has 1 aromatic carbocycles. The minimum absolute atomic E-state index is 0.378. The van der Waals surface area contributed by atoms with Crippen LogP contribution >= 0.6 is 0 Å². The molecule has 0 saturated carbocycles. The molecule has 0 saturated heterocycles. The molecular weight excluding hydrogens is 226 g/mol. The monoisotopic (exact) mass is 251 g/mol. The van der Waals surface area contributed by atoms with E-state index in [9.17, 15) is 5.11 Å². The summed E-state index contributed by atoms with van der Waals surface area (Å²) in [6.07, 6.45) is -0.471. The first-order chi connectivity index (χ1) is 8.45.